The Kier molecular flexibility index (Phi) is 3.38. The largest absolute Gasteiger partial charge is 0.375 e. The highest BCUT2D eigenvalue weighted by Crippen LogP contribution is 2.26. The number of anilines is 1. The van der Waals surface area contributed by atoms with Gasteiger partial charge < -0.3 is 5.32 Å². The zero-order chi connectivity index (χ0) is 12.4. The van der Waals surface area contributed by atoms with E-state index in [0.29, 0.717) is 6.07 Å². The lowest BCUT2D eigenvalue weighted by atomic mass is 10.2. The maximum Gasteiger partial charge on any atom is 0.161 e. The molecule has 0 spiro atoms. The molecule has 90 valence electrons. The highest BCUT2D eigenvalue weighted by atomic mass is 32.1. The SMILES string of the molecule is CC(Nc1cc(F)c(F)cc1F)c1cccs1. The molecule has 0 saturated carbocycles. The van der Waals surface area contributed by atoms with E-state index in [0.717, 1.165) is 10.9 Å². The van der Waals surface area contributed by atoms with Gasteiger partial charge in [0.1, 0.15) is 5.82 Å². The van der Waals surface area contributed by atoms with Crippen molar-refractivity contribution in [1.29, 1.82) is 0 Å². The van der Waals surface area contributed by atoms with E-state index < -0.39 is 17.5 Å². The summed E-state index contributed by atoms with van der Waals surface area (Å²) in [7, 11) is 0. The van der Waals surface area contributed by atoms with Crippen molar-refractivity contribution in [3.8, 4) is 0 Å². The number of thiophene rings is 1. The zero-order valence-electron chi connectivity index (χ0n) is 9.01. The lowest BCUT2D eigenvalue weighted by molar-refractivity contribution is 0.495. The third kappa shape index (κ3) is 2.61. The maximum absolute atomic E-state index is 13.4. The molecule has 0 fully saturated rings. The normalized spacial score (nSPS) is 12.5. The molecule has 0 bridgehead atoms. The number of benzene rings is 1. The Morgan fingerprint density at radius 2 is 1.82 bits per heavy atom. The number of nitrogens with one attached hydrogen (secondary N) is 1. The first-order valence-corrected chi connectivity index (χ1v) is 5.90. The number of hydrogen-bond acceptors (Lipinski definition) is 2. The average Bonchev–Trinajstić information content (AvgIpc) is 2.79. The van der Waals surface area contributed by atoms with Crippen molar-refractivity contribution in [1.82, 2.24) is 0 Å². The first-order valence-electron chi connectivity index (χ1n) is 5.02. The van der Waals surface area contributed by atoms with Crippen molar-refractivity contribution in [2.45, 2.75) is 13.0 Å². The Morgan fingerprint density at radius 3 is 2.47 bits per heavy atom. The summed E-state index contributed by atoms with van der Waals surface area (Å²) in [5.74, 6) is -3.04. The van der Waals surface area contributed by atoms with Gasteiger partial charge in [0.15, 0.2) is 11.6 Å². The van der Waals surface area contributed by atoms with E-state index in [1.165, 1.54) is 11.3 Å². The smallest absolute Gasteiger partial charge is 0.161 e. The van der Waals surface area contributed by atoms with Crippen molar-refractivity contribution in [3.63, 3.8) is 0 Å². The molecule has 0 aliphatic carbocycles. The molecule has 5 heteroatoms. The van der Waals surface area contributed by atoms with Crippen LogP contribution in [-0.2, 0) is 0 Å². The summed E-state index contributed by atoms with van der Waals surface area (Å²) in [6.45, 7) is 1.83. The fourth-order valence-electron chi connectivity index (χ4n) is 1.48. The minimum atomic E-state index is -1.18. The summed E-state index contributed by atoms with van der Waals surface area (Å²) in [4.78, 5) is 0.995. The predicted molar refractivity (Wildman–Crippen MR) is 62.7 cm³/mol. The summed E-state index contributed by atoms with van der Waals surface area (Å²) < 4.78 is 39.1. The molecule has 17 heavy (non-hydrogen) atoms. The molecule has 0 saturated heterocycles. The van der Waals surface area contributed by atoms with Gasteiger partial charge in [-0.25, -0.2) is 13.2 Å². The monoisotopic (exact) mass is 257 g/mol. The molecule has 1 aromatic heterocycles. The summed E-state index contributed by atoms with van der Waals surface area (Å²) in [6, 6.07) is 4.97. The molecule has 0 aliphatic heterocycles. The van der Waals surface area contributed by atoms with E-state index in [9.17, 15) is 13.2 Å². The van der Waals surface area contributed by atoms with E-state index in [2.05, 4.69) is 5.32 Å². The first kappa shape index (κ1) is 12.0. The molecule has 0 aliphatic rings. The maximum atomic E-state index is 13.4. The quantitative estimate of drug-likeness (QED) is 0.806. The van der Waals surface area contributed by atoms with Crippen LogP contribution in [0.15, 0.2) is 29.6 Å². The van der Waals surface area contributed by atoms with Crippen LogP contribution in [0.4, 0.5) is 18.9 Å². The summed E-state index contributed by atoms with van der Waals surface area (Å²) in [5.41, 5.74) is -0.0372. The Hall–Kier alpha value is -1.49. The topological polar surface area (TPSA) is 12.0 Å². The van der Waals surface area contributed by atoms with Gasteiger partial charge in [0.25, 0.3) is 0 Å². The molecule has 0 radical (unpaired) electrons. The van der Waals surface area contributed by atoms with E-state index in [4.69, 9.17) is 0 Å². The lowest BCUT2D eigenvalue weighted by Crippen LogP contribution is -2.07. The van der Waals surface area contributed by atoms with Crippen LogP contribution in [0.2, 0.25) is 0 Å². The molecule has 1 heterocycles. The number of halogens is 3. The minimum Gasteiger partial charge on any atom is -0.375 e. The van der Waals surface area contributed by atoms with Crippen LogP contribution in [0.5, 0.6) is 0 Å². The summed E-state index contributed by atoms with van der Waals surface area (Å²) in [5, 5.41) is 4.71. The van der Waals surface area contributed by atoms with E-state index in [-0.39, 0.29) is 11.7 Å². The van der Waals surface area contributed by atoms with Gasteiger partial charge in [-0.2, -0.15) is 0 Å². The molecule has 2 rings (SSSR count). The van der Waals surface area contributed by atoms with Crippen molar-refractivity contribution >= 4 is 17.0 Å². The molecule has 1 aromatic carbocycles. The van der Waals surface area contributed by atoms with Gasteiger partial charge >= 0.3 is 0 Å². The first-order chi connectivity index (χ1) is 8.08. The second-order valence-electron chi connectivity index (χ2n) is 3.63. The number of rotatable bonds is 3. The Labute approximate surface area is 101 Å². The van der Waals surface area contributed by atoms with Gasteiger partial charge in [-0.15, -0.1) is 11.3 Å². The van der Waals surface area contributed by atoms with Gasteiger partial charge in [-0.3, -0.25) is 0 Å². The van der Waals surface area contributed by atoms with Crippen LogP contribution in [0.1, 0.15) is 17.8 Å². The van der Waals surface area contributed by atoms with Gasteiger partial charge in [0.05, 0.1) is 11.7 Å². The Balaban J connectivity index is 2.22. The third-order valence-corrected chi connectivity index (χ3v) is 3.41. The third-order valence-electron chi connectivity index (χ3n) is 2.35. The molecule has 1 N–H and O–H groups in total. The van der Waals surface area contributed by atoms with Crippen molar-refractivity contribution in [3.05, 3.63) is 52.0 Å². The van der Waals surface area contributed by atoms with Crippen molar-refractivity contribution in [2.24, 2.45) is 0 Å². The van der Waals surface area contributed by atoms with Gasteiger partial charge in [-0.1, -0.05) is 6.07 Å². The van der Waals surface area contributed by atoms with Gasteiger partial charge in [0.2, 0.25) is 0 Å². The zero-order valence-corrected chi connectivity index (χ0v) is 9.82. The minimum absolute atomic E-state index is 0.0372. The molecule has 0 amide bonds. The van der Waals surface area contributed by atoms with E-state index in [1.54, 1.807) is 0 Å². The van der Waals surface area contributed by atoms with Gasteiger partial charge in [-0.05, 0) is 18.4 Å². The lowest BCUT2D eigenvalue weighted by Gasteiger charge is -2.14. The Morgan fingerprint density at radius 1 is 1.12 bits per heavy atom. The highest BCUT2D eigenvalue weighted by Gasteiger charge is 2.13. The van der Waals surface area contributed by atoms with Crippen LogP contribution in [-0.4, -0.2) is 0 Å². The summed E-state index contributed by atoms with van der Waals surface area (Å²) in [6.07, 6.45) is 0. The van der Waals surface area contributed by atoms with Crippen LogP contribution >= 0.6 is 11.3 Å². The second kappa shape index (κ2) is 4.79. The predicted octanol–water partition coefficient (Wildman–Crippen LogP) is 4.34. The van der Waals surface area contributed by atoms with E-state index in [1.807, 2.05) is 24.4 Å². The van der Waals surface area contributed by atoms with Crippen molar-refractivity contribution < 1.29 is 13.2 Å². The van der Waals surface area contributed by atoms with Crippen molar-refractivity contribution in [2.75, 3.05) is 5.32 Å². The molecule has 2 aromatic rings. The standard InChI is InChI=1S/C12H10F3NS/c1-7(12-3-2-4-17-12)16-11-6-9(14)8(13)5-10(11)15/h2-7,16H,1H3. The fraction of sp³-hybridized carbons (Fsp3) is 0.167. The molecular weight excluding hydrogens is 247 g/mol. The van der Waals surface area contributed by atoms with Crippen LogP contribution < -0.4 is 5.32 Å². The van der Waals surface area contributed by atoms with Crippen LogP contribution in [0, 0.1) is 17.5 Å². The molecular formula is C12H10F3NS. The second-order valence-corrected chi connectivity index (χ2v) is 4.61. The summed E-state index contributed by atoms with van der Waals surface area (Å²) >= 11 is 1.51. The van der Waals surface area contributed by atoms with Crippen LogP contribution in [0.25, 0.3) is 0 Å². The van der Waals surface area contributed by atoms with Gasteiger partial charge in [0, 0.05) is 17.0 Å². The van der Waals surface area contributed by atoms with E-state index >= 15 is 0 Å². The number of hydrogen-bond donors (Lipinski definition) is 1. The highest BCUT2D eigenvalue weighted by molar-refractivity contribution is 7.10. The fourth-order valence-corrected chi connectivity index (χ4v) is 2.21. The average molecular weight is 257 g/mol. The molecule has 1 unspecified atom stereocenters. The van der Waals surface area contributed by atoms with Crippen LogP contribution in [0.3, 0.4) is 0 Å². The Bertz CT molecular complexity index is 511. The molecule has 1 atom stereocenters. The molecule has 1 nitrogen and oxygen atoms in total.